The Morgan fingerprint density at radius 3 is 2.43 bits per heavy atom. The summed E-state index contributed by atoms with van der Waals surface area (Å²) in [5.74, 6) is 1.46. The fraction of sp³-hybridized carbons (Fsp3) is 0.286. The Labute approximate surface area is 170 Å². The van der Waals surface area contributed by atoms with Gasteiger partial charge in [0.1, 0.15) is 5.82 Å². The second-order valence-corrected chi connectivity index (χ2v) is 6.89. The van der Waals surface area contributed by atoms with E-state index in [1.165, 1.54) is 0 Å². The largest absolute Gasteiger partial charge is 0.330 e. The summed E-state index contributed by atoms with van der Waals surface area (Å²) in [5, 5.41) is 4.61. The molecular formula is C21H24ClN5O. The highest BCUT2D eigenvalue weighted by molar-refractivity contribution is 5.85. The number of aromatic nitrogens is 3. The molecule has 2 N–H and O–H groups in total. The van der Waals surface area contributed by atoms with Gasteiger partial charge in [0.2, 0.25) is 5.91 Å². The first-order valence-corrected chi connectivity index (χ1v) is 9.23. The smallest absolute Gasteiger partial charge is 0.240 e. The Balaban J connectivity index is 0.00000225. The predicted molar refractivity (Wildman–Crippen MR) is 111 cm³/mol. The second kappa shape index (κ2) is 8.54. The molecule has 1 aliphatic heterocycles. The summed E-state index contributed by atoms with van der Waals surface area (Å²) in [6.45, 7) is 3.21. The molecule has 2 heterocycles. The lowest BCUT2D eigenvalue weighted by Crippen LogP contribution is -2.49. The fourth-order valence-electron chi connectivity index (χ4n) is 3.54. The number of benzene rings is 2. The van der Waals surface area contributed by atoms with E-state index in [9.17, 15) is 4.79 Å². The zero-order valence-corrected chi connectivity index (χ0v) is 16.5. The van der Waals surface area contributed by atoms with Gasteiger partial charge >= 0.3 is 0 Å². The molecule has 0 bridgehead atoms. The molecule has 0 spiro atoms. The molecule has 1 aromatic heterocycles. The standard InChI is InChI=1S/C21H23N5O.ClH/c1-15-20-23-19(17-10-6-3-7-11-17)24-26(20)13-12-25(15)21(27)18(22)14-16-8-4-2-5-9-16;/h2-11,15,18H,12-14,22H2,1H3;1H/t15-,18+;/m0./s1. The van der Waals surface area contributed by atoms with Crippen LogP contribution in [0.5, 0.6) is 0 Å². The van der Waals surface area contributed by atoms with E-state index >= 15 is 0 Å². The van der Waals surface area contributed by atoms with Crippen molar-refractivity contribution in [3.05, 3.63) is 72.1 Å². The number of halogens is 1. The van der Waals surface area contributed by atoms with E-state index in [1.54, 1.807) is 0 Å². The van der Waals surface area contributed by atoms with Crippen LogP contribution in [0.3, 0.4) is 0 Å². The first-order chi connectivity index (χ1) is 13.1. The third-order valence-electron chi connectivity index (χ3n) is 5.02. The van der Waals surface area contributed by atoms with Crippen LogP contribution in [0.1, 0.15) is 24.4 Å². The Hall–Kier alpha value is -2.70. The number of amides is 1. The Kier molecular flexibility index (Phi) is 6.11. The average Bonchev–Trinajstić information content (AvgIpc) is 3.14. The van der Waals surface area contributed by atoms with Crippen molar-refractivity contribution in [3.8, 4) is 11.4 Å². The van der Waals surface area contributed by atoms with E-state index in [-0.39, 0.29) is 24.4 Å². The molecule has 1 aliphatic rings. The minimum absolute atomic E-state index is 0. The van der Waals surface area contributed by atoms with Crippen LogP contribution in [-0.2, 0) is 17.8 Å². The predicted octanol–water partition coefficient (Wildman–Crippen LogP) is 2.84. The molecule has 0 radical (unpaired) electrons. The topological polar surface area (TPSA) is 77.0 Å². The van der Waals surface area contributed by atoms with E-state index in [4.69, 9.17) is 10.7 Å². The van der Waals surface area contributed by atoms with Gasteiger partial charge in [0.15, 0.2) is 5.82 Å². The third kappa shape index (κ3) is 3.93. The maximum Gasteiger partial charge on any atom is 0.240 e. The number of carbonyl (C=O) groups is 1. The van der Waals surface area contributed by atoms with Gasteiger partial charge in [0, 0.05) is 12.1 Å². The monoisotopic (exact) mass is 397 g/mol. The lowest BCUT2D eigenvalue weighted by Gasteiger charge is -2.34. The van der Waals surface area contributed by atoms with Crippen LogP contribution in [-0.4, -0.2) is 38.2 Å². The molecule has 0 saturated heterocycles. The number of rotatable bonds is 4. The Morgan fingerprint density at radius 1 is 1.11 bits per heavy atom. The summed E-state index contributed by atoms with van der Waals surface area (Å²) < 4.78 is 1.90. The molecule has 0 fully saturated rings. The molecule has 28 heavy (non-hydrogen) atoms. The van der Waals surface area contributed by atoms with E-state index in [0.717, 1.165) is 17.0 Å². The number of hydrogen-bond acceptors (Lipinski definition) is 4. The first-order valence-electron chi connectivity index (χ1n) is 9.23. The number of carbonyl (C=O) groups excluding carboxylic acids is 1. The van der Waals surface area contributed by atoms with Crippen LogP contribution in [0.25, 0.3) is 11.4 Å². The van der Waals surface area contributed by atoms with Crippen molar-refractivity contribution in [1.29, 1.82) is 0 Å². The van der Waals surface area contributed by atoms with Gasteiger partial charge in [0.25, 0.3) is 0 Å². The van der Waals surface area contributed by atoms with Crippen molar-refractivity contribution in [3.63, 3.8) is 0 Å². The molecule has 0 unspecified atom stereocenters. The second-order valence-electron chi connectivity index (χ2n) is 6.89. The highest BCUT2D eigenvalue weighted by atomic mass is 35.5. The first kappa shape index (κ1) is 20.0. The average molecular weight is 398 g/mol. The molecule has 7 heteroatoms. The minimum Gasteiger partial charge on any atom is -0.330 e. The van der Waals surface area contributed by atoms with E-state index in [0.29, 0.717) is 25.3 Å². The lowest BCUT2D eigenvalue weighted by atomic mass is 10.0. The van der Waals surface area contributed by atoms with Gasteiger partial charge in [-0.05, 0) is 18.9 Å². The molecule has 0 aliphatic carbocycles. The summed E-state index contributed by atoms with van der Waals surface area (Å²) in [4.78, 5) is 19.5. The van der Waals surface area contributed by atoms with Gasteiger partial charge in [-0.3, -0.25) is 4.79 Å². The van der Waals surface area contributed by atoms with Gasteiger partial charge < -0.3 is 10.6 Å². The van der Waals surface area contributed by atoms with Gasteiger partial charge in [-0.2, -0.15) is 5.10 Å². The molecule has 146 valence electrons. The minimum atomic E-state index is -0.557. The number of nitrogens with two attached hydrogens (primary N) is 1. The molecule has 2 aromatic carbocycles. The normalized spacial score (nSPS) is 16.8. The molecule has 4 rings (SSSR count). The fourth-order valence-corrected chi connectivity index (χ4v) is 3.54. The summed E-state index contributed by atoms with van der Waals surface area (Å²) in [6, 6.07) is 19.1. The number of nitrogens with zero attached hydrogens (tertiary/aromatic N) is 4. The lowest BCUT2D eigenvalue weighted by molar-refractivity contribution is -0.136. The maximum atomic E-state index is 12.9. The van der Waals surface area contributed by atoms with E-state index in [2.05, 4.69) is 5.10 Å². The van der Waals surface area contributed by atoms with Gasteiger partial charge in [0.05, 0.1) is 18.6 Å². The molecular weight excluding hydrogens is 374 g/mol. The van der Waals surface area contributed by atoms with E-state index < -0.39 is 6.04 Å². The van der Waals surface area contributed by atoms with E-state index in [1.807, 2.05) is 77.2 Å². The maximum absolute atomic E-state index is 12.9. The van der Waals surface area contributed by atoms with Crippen LogP contribution < -0.4 is 5.73 Å². The van der Waals surface area contributed by atoms with Crippen molar-refractivity contribution < 1.29 is 4.79 Å². The Bertz CT molecular complexity index is 928. The summed E-state index contributed by atoms with van der Waals surface area (Å²) in [6.07, 6.45) is 0.533. The van der Waals surface area contributed by atoms with Crippen LogP contribution in [0, 0.1) is 0 Å². The van der Waals surface area contributed by atoms with Crippen LogP contribution in [0.2, 0.25) is 0 Å². The molecule has 3 aromatic rings. The van der Waals surface area contributed by atoms with Crippen molar-refractivity contribution in [2.45, 2.75) is 32.0 Å². The van der Waals surface area contributed by atoms with Crippen molar-refractivity contribution >= 4 is 18.3 Å². The van der Waals surface area contributed by atoms with Crippen LogP contribution >= 0.6 is 12.4 Å². The van der Waals surface area contributed by atoms with Crippen molar-refractivity contribution in [1.82, 2.24) is 19.7 Å². The summed E-state index contributed by atoms with van der Waals surface area (Å²) in [5.41, 5.74) is 8.27. The Morgan fingerprint density at radius 2 is 1.75 bits per heavy atom. The number of hydrogen-bond donors (Lipinski definition) is 1. The molecule has 0 saturated carbocycles. The van der Waals surface area contributed by atoms with Gasteiger partial charge in [-0.15, -0.1) is 12.4 Å². The van der Waals surface area contributed by atoms with Crippen LogP contribution in [0.4, 0.5) is 0 Å². The molecule has 1 amide bonds. The summed E-state index contributed by atoms with van der Waals surface area (Å²) in [7, 11) is 0. The zero-order chi connectivity index (χ0) is 18.8. The number of fused-ring (bicyclic) bond motifs is 1. The SMILES string of the molecule is C[C@H]1c2nc(-c3ccccc3)nn2CCN1C(=O)[C@H](N)Cc1ccccc1.Cl. The van der Waals surface area contributed by atoms with Gasteiger partial charge in [-0.25, -0.2) is 9.67 Å². The van der Waals surface area contributed by atoms with Crippen molar-refractivity contribution in [2.75, 3.05) is 6.54 Å². The molecule has 2 atom stereocenters. The zero-order valence-electron chi connectivity index (χ0n) is 15.7. The highest BCUT2D eigenvalue weighted by Crippen LogP contribution is 2.26. The van der Waals surface area contributed by atoms with Gasteiger partial charge in [-0.1, -0.05) is 60.7 Å². The van der Waals surface area contributed by atoms with Crippen LogP contribution in [0.15, 0.2) is 60.7 Å². The summed E-state index contributed by atoms with van der Waals surface area (Å²) >= 11 is 0. The highest BCUT2D eigenvalue weighted by Gasteiger charge is 2.33. The van der Waals surface area contributed by atoms with Crippen molar-refractivity contribution in [2.24, 2.45) is 5.73 Å². The molecule has 6 nitrogen and oxygen atoms in total. The third-order valence-corrected chi connectivity index (χ3v) is 5.02. The quantitative estimate of drug-likeness (QED) is 0.734.